The fraction of sp³-hybridized carbons (Fsp3) is 0.0976. The van der Waals surface area contributed by atoms with Gasteiger partial charge in [-0.15, -0.1) is 30.3 Å². The van der Waals surface area contributed by atoms with Crippen LogP contribution in [0.1, 0.15) is 26.3 Å². The number of fused-ring (bicyclic) bond motifs is 2. The molecule has 244 valence electrons. The summed E-state index contributed by atoms with van der Waals surface area (Å²) in [4.78, 5) is 18.8. The van der Waals surface area contributed by atoms with Gasteiger partial charge in [-0.05, 0) is 64.1 Å². The van der Waals surface area contributed by atoms with Gasteiger partial charge in [-0.2, -0.15) is 12.1 Å². The Bertz CT molecular complexity index is 2490. The maximum atomic E-state index is 14.1. The van der Waals surface area contributed by atoms with Gasteiger partial charge in [0.15, 0.2) is 0 Å². The van der Waals surface area contributed by atoms with E-state index in [4.69, 9.17) is 4.74 Å². The smallest absolute Gasteiger partial charge is 0.326 e. The van der Waals surface area contributed by atoms with Gasteiger partial charge in [0, 0.05) is 44.4 Å². The summed E-state index contributed by atoms with van der Waals surface area (Å²) in [5, 5.41) is 0. The van der Waals surface area contributed by atoms with E-state index in [1.165, 1.54) is 0 Å². The number of benzene rings is 5. The van der Waals surface area contributed by atoms with Gasteiger partial charge in [0.2, 0.25) is 0 Å². The van der Waals surface area contributed by atoms with Crippen LogP contribution in [0.2, 0.25) is 0 Å². The zero-order valence-electron chi connectivity index (χ0n) is 27.1. The molecule has 0 bridgehead atoms. The van der Waals surface area contributed by atoms with Crippen LogP contribution in [0.3, 0.4) is 0 Å². The molecule has 0 saturated carbocycles. The van der Waals surface area contributed by atoms with Crippen molar-refractivity contribution in [1.82, 2.24) is 18.7 Å². The number of para-hydroxylation sites is 4. The van der Waals surface area contributed by atoms with Crippen LogP contribution in [0, 0.1) is 18.5 Å². The molecule has 0 N–H and O–H groups in total. The van der Waals surface area contributed by atoms with Crippen LogP contribution in [-0.4, -0.2) is 18.7 Å². The summed E-state index contributed by atoms with van der Waals surface area (Å²) in [6.45, 7) is 6.42. The van der Waals surface area contributed by atoms with Gasteiger partial charge in [-0.25, -0.2) is 9.78 Å². The predicted molar refractivity (Wildman–Crippen MR) is 187 cm³/mol. The predicted octanol–water partition coefficient (Wildman–Crippen LogP) is 7.88. The topological polar surface area (TPSA) is 57.9 Å². The van der Waals surface area contributed by atoms with Gasteiger partial charge in [-0.3, -0.25) is 9.13 Å². The number of pyridine rings is 1. The molecule has 0 spiro atoms. The van der Waals surface area contributed by atoms with Crippen LogP contribution in [0.25, 0.3) is 44.9 Å². The van der Waals surface area contributed by atoms with Crippen molar-refractivity contribution < 1.29 is 30.4 Å². The Kier molecular flexibility index (Phi) is 8.39. The van der Waals surface area contributed by atoms with E-state index in [9.17, 15) is 4.79 Å². The second-order valence-corrected chi connectivity index (χ2v) is 12.6. The summed E-state index contributed by atoms with van der Waals surface area (Å²) in [6, 6.07) is 48.1. The van der Waals surface area contributed by atoms with Crippen LogP contribution in [-0.2, 0) is 26.5 Å². The summed E-state index contributed by atoms with van der Waals surface area (Å²) < 4.78 is 13.7. The molecule has 3 aromatic heterocycles. The third-order valence-corrected chi connectivity index (χ3v) is 8.37. The van der Waals surface area contributed by atoms with E-state index < -0.39 is 0 Å². The molecular weight excluding hydrogens is 790 g/mol. The van der Waals surface area contributed by atoms with E-state index in [1.54, 1.807) is 15.3 Å². The first-order chi connectivity index (χ1) is 23.3. The molecule has 0 aliphatic heterocycles. The van der Waals surface area contributed by atoms with E-state index in [1.807, 2.05) is 112 Å². The third kappa shape index (κ3) is 5.91. The van der Waals surface area contributed by atoms with Crippen molar-refractivity contribution in [1.29, 1.82) is 0 Å². The third-order valence-electron chi connectivity index (χ3n) is 8.37. The Hall–Kier alpha value is -5.52. The number of hydrogen-bond acceptors (Lipinski definition) is 3. The summed E-state index contributed by atoms with van der Waals surface area (Å²) in [5.74, 6) is 1.48. The summed E-state index contributed by atoms with van der Waals surface area (Å²) >= 11 is 0. The fourth-order valence-corrected chi connectivity index (χ4v) is 5.96. The first-order valence-electron chi connectivity index (χ1n) is 15.8. The van der Waals surface area contributed by atoms with E-state index in [-0.39, 0.29) is 32.2 Å². The second kappa shape index (κ2) is 12.8. The molecule has 0 radical (unpaired) electrons. The van der Waals surface area contributed by atoms with Crippen molar-refractivity contribution in [3.8, 4) is 34.4 Å². The zero-order chi connectivity index (χ0) is 32.8. The maximum absolute atomic E-state index is 14.1. The summed E-state index contributed by atoms with van der Waals surface area (Å²) in [6.07, 6.45) is 5.24. The molecular formula is C41H31N5O2Pt-2. The Labute approximate surface area is 298 Å². The van der Waals surface area contributed by atoms with Crippen molar-refractivity contribution in [2.24, 2.45) is 0 Å². The number of imidazole rings is 2. The molecule has 49 heavy (non-hydrogen) atoms. The molecule has 0 fully saturated rings. The minimum absolute atomic E-state index is 0. The number of ether oxygens (including phenoxy) is 1. The van der Waals surface area contributed by atoms with Crippen LogP contribution in [0.5, 0.6) is 11.5 Å². The van der Waals surface area contributed by atoms with Crippen molar-refractivity contribution in [3.05, 3.63) is 168 Å². The average molecular weight is 821 g/mol. The Morgan fingerprint density at radius 3 is 2.20 bits per heavy atom. The largest absolute Gasteiger partial charge is 0.510 e. The Morgan fingerprint density at radius 1 is 0.714 bits per heavy atom. The number of nitrogens with zero attached hydrogens (tertiary/aromatic N) is 5. The van der Waals surface area contributed by atoms with E-state index in [0.717, 1.165) is 33.7 Å². The van der Waals surface area contributed by atoms with Gasteiger partial charge >= 0.3 is 5.69 Å². The molecule has 8 aromatic rings. The summed E-state index contributed by atoms with van der Waals surface area (Å²) in [7, 11) is 0. The Morgan fingerprint density at radius 2 is 1.43 bits per heavy atom. The molecule has 5 aromatic carbocycles. The SMILES string of the molecule is CC(C)(C)c1ccnc(-n2c(=O)n(-c3ccccc3)c3ccc(Oc4[c-]c(-n5[c-][n+](-c6ccccc6)c6ccccc65)ccc4)[c-]c32)c1.[Pt]. The fourth-order valence-electron chi connectivity index (χ4n) is 5.96. The molecule has 3 heterocycles. The van der Waals surface area contributed by atoms with Gasteiger partial charge in [-0.1, -0.05) is 81.4 Å². The van der Waals surface area contributed by atoms with Crippen LogP contribution in [0.4, 0.5) is 0 Å². The average Bonchev–Trinajstić information content (AvgIpc) is 3.64. The van der Waals surface area contributed by atoms with Gasteiger partial charge in [0.25, 0.3) is 6.33 Å². The molecule has 0 unspecified atom stereocenters. The molecule has 0 amide bonds. The van der Waals surface area contributed by atoms with Crippen molar-refractivity contribution in [3.63, 3.8) is 0 Å². The molecule has 0 aliphatic rings. The Balaban J connectivity index is 0.00000378. The van der Waals surface area contributed by atoms with Crippen LogP contribution >= 0.6 is 0 Å². The van der Waals surface area contributed by atoms with Crippen molar-refractivity contribution in [2.75, 3.05) is 0 Å². The quantitative estimate of drug-likeness (QED) is 0.127. The molecule has 0 atom stereocenters. The number of hydrogen-bond donors (Lipinski definition) is 0. The van der Waals surface area contributed by atoms with Crippen LogP contribution in [0.15, 0.2) is 138 Å². The van der Waals surface area contributed by atoms with Gasteiger partial charge < -0.3 is 13.9 Å². The van der Waals surface area contributed by atoms with E-state index >= 15 is 0 Å². The first-order valence-corrected chi connectivity index (χ1v) is 15.8. The molecule has 0 saturated heterocycles. The number of rotatable bonds is 6. The normalized spacial score (nSPS) is 11.5. The first kappa shape index (κ1) is 32.0. The molecule has 7 nitrogen and oxygen atoms in total. The number of aromatic nitrogens is 5. The molecule has 8 heteroatoms. The van der Waals surface area contributed by atoms with E-state index in [0.29, 0.717) is 28.4 Å². The monoisotopic (exact) mass is 820 g/mol. The van der Waals surface area contributed by atoms with Crippen molar-refractivity contribution in [2.45, 2.75) is 26.2 Å². The standard InChI is InChI=1S/C41H31N5O2.Pt/c1-41(2,3)29-23-24-42-39(25-29)46-38-27-34(21-22-37(38)45(40(46)47)31-15-8-5-9-16-31)48-33-18-12-17-32(26-33)44-28-43(30-13-6-4-7-14-30)35-19-10-11-20-36(35)44;/h4-25H,1-3H3;/q-2;. The second-order valence-electron chi connectivity index (χ2n) is 12.6. The van der Waals surface area contributed by atoms with Gasteiger partial charge in [0.05, 0.1) is 16.7 Å². The minimum atomic E-state index is -0.238. The van der Waals surface area contributed by atoms with Gasteiger partial charge in [0.1, 0.15) is 5.82 Å². The van der Waals surface area contributed by atoms with Crippen molar-refractivity contribution >= 4 is 22.1 Å². The molecule has 0 aliphatic carbocycles. The minimum Gasteiger partial charge on any atom is -0.510 e. The zero-order valence-corrected chi connectivity index (χ0v) is 29.3. The maximum Gasteiger partial charge on any atom is 0.326 e. The molecule has 8 rings (SSSR count). The van der Waals surface area contributed by atoms with Crippen LogP contribution < -0.4 is 15.0 Å². The van der Waals surface area contributed by atoms with E-state index in [2.05, 4.69) is 68.5 Å². The summed E-state index contributed by atoms with van der Waals surface area (Å²) in [5.41, 5.74) is 6.51.